The van der Waals surface area contributed by atoms with Crippen molar-refractivity contribution in [2.75, 3.05) is 0 Å². The molecule has 148 valence electrons. The molecule has 0 saturated heterocycles. The summed E-state index contributed by atoms with van der Waals surface area (Å²) in [6.45, 7) is 13.8. The van der Waals surface area contributed by atoms with Gasteiger partial charge in [-0.15, -0.1) is 0 Å². The lowest BCUT2D eigenvalue weighted by Crippen LogP contribution is -2.17. The largest absolute Gasteiger partial charge is 0.507 e. The molecule has 28 heavy (non-hydrogen) atoms. The summed E-state index contributed by atoms with van der Waals surface area (Å²) in [7, 11) is 0. The van der Waals surface area contributed by atoms with Crippen LogP contribution in [-0.2, 0) is 17.4 Å². The molecule has 1 fully saturated rings. The van der Waals surface area contributed by atoms with Crippen molar-refractivity contribution in [3.8, 4) is 17.0 Å². The van der Waals surface area contributed by atoms with E-state index in [0.29, 0.717) is 5.75 Å². The molecule has 0 unspecified atom stereocenters. The number of rotatable bonds is 3. The second-order valence-corrected chi connectivity index (χ2v) is 10.3. The quantitative estimate of drug-likeness (QED) is 0.627. The van der Waals surface area contributed by atoms with Gasteiger partial charge in [-0.2, -0.15) is 5.10 Å². The predicted octanol–water partition coefficient (Wildman–Crippen LogP) is 5.81. The van der Waals surface area contributed by atoms with E-state index in [4.69, 9.17) is 5.10 Å². The molecule has 1 aliphatic carbocycles. The van der Waals surface area contributed by atoms with E-state index in [9.17, 15) is 5.11 Å². The zero-order valence-corrected chi connectivity index (χ0v) is 17.9. The first-order chi connectivity index (χ1) is 13.1. The smallest absolute Gasteiger partial charge is 0.158 e. The minimum atomic E-state index is -0.162. The van der Waals surface area contributed by atoms with Crippen LogP contribution in [0.1, 0.15) is 65.5 Å². The maximum absolute atomic E-state index is 11.0. The zero-order chi connectivity index (χ0) is 20.3. The molecular formula is C24H31N3O. The second-order valence-electron chi connectivity index (χ2n) is 10.3. The summed E-state index contributed by atoms with van der Waals surface area (Å²) in [4.78, 5) is 4.62. The van der Waals surface area contributed by atoms with Gasteiger partial charge in [0, 0.05) is 34.8 Å². The monoisotopic (exact) mass is 377 g/mol. The van der Waals surface area contributed by atoms with Crippen molar-refractivity contribution in [1.82, 2.24) is 14.8 Å². The third kappa shape index (κ3) is 3.41. The molecule has 1 N–H and O–H groups in total. The van der Waals surface area contributed by atoms with Crippen molar-refractivity contribution in [2.45, 2.75) is 71.8 Å². The highest BCUT2D eigenvalue weighted by Gasteiger charge is 2.29. The van der Waals surface area contributed by atoms with E-state index in [-0.39, 0.29) is 10.8 Å². The lowest BCUT2D eigenvalue weighted by atomic mass is 9.78. The van der Waals surface area contributed by atoms with Gasteiger partial charge in [-0.1, -0.05) is 41.5 Å². The Kier molecular flexibility index (Phi) is 4.29. The maximum Gasteiger partial charge on any atom is 0.158 e. The van der Waals surface area contributed by atoms with Crippen LogP contribution in [0.2, 0.25) is 0 Å². The number of benzene rings is 1. The van der Waals surface area contributed by atoms with Crippen LogP contribution in [0.25, 0.3) is 22.3 Å². The van der Waals surface area contributed by atoms with Crippen molar-refractivity contribution in [3.63, 3.8) is 0 Å². The molecule has 0 atom stereocenters. The highest BCUT2D eigenvalue weighted by Crippen LogP contribution is 2.43. The first kappa shape index (κ1) is 19.0. The fourth-order valence-corrected chi connectivity index (χ4v) is 3.81. The van der Waals surface area contributed by atoms with Crippen LogP contribution in [0.3, 0.4) is 0 Å². The van der Waals surface area contributed by atoms with Crippen LogP contribution in [0.4, 0.5) is 0 Å². The molecule has 1 saturated carbocycles. The summed E-state index contributed by atoms with van der Waals surface area (Å²) >= 11 is 0. The highest BCUT2D eigenvalue weighted by molar-refractivity contribution is 5.91. The molecule has 0 spiro atoms. The number of phenols is 1. The zero-order valence-electron chi connectivity index (χ0n) is 17.9. The van der Waals surface area contributed by atoms with Gasteiger partial charge in [-0.25, -0.2) is 9.67 Å². The lowest BCUT2D eigenvalue weighted by molar-refractivity contribution is 0.423. The molecule has 4 nitrogen and oxygen atoms in total. The Bertz CT molecular complexity index is 995. The summed E-state index contributed by atoms with van der Waals surface area (Å²) in [6.07, 6.45) is 4.41. The number of hydrogen-bond acceptors (Lipinski definition) is 3. The minimum Gasteiger partial charge on any atom is -0.507 e. The number of phenolic OH excluding ortho intramolecular Hbond substituents is 1. The maximum atomic E-state index is 11.0. The number of aromatic nitrogens is 3. The van der Waals surface area contributed by atoms with Crippen LogP contribution in [-0.4, -0.2) is 19.9 Å². The topological polar surface area (TPSA) is 50.9 Å². The van der Waals surface area contributed by atoms with Gasteiger partial charge < -0.3 is 5.11 Å². The Labute approximate surface area is 167 Å². The van der Waals surface area contributed by atoms with E-state index in [0.717, 1.165) is 45.9 Å². The van der Waals surface area contributed by atoms with Crippen LogP contribution in [0.5, 0.6) is 5.75 Å². The van der Waals surface area contributed by atoms with E-state index in [1.807, 2.05) is 12.3 Å². The van der Waals surface area contributed by atoms with Gasteiger partial charge in [-0.3, -0.25) is 0 Å². The highest BCUT2D eigenvalue weighted by atomic mass is 16.3. The summed E-state index contributed by atoms with van der Waals surface area (Å²) in [5.41, 5.74) is 4.56. The van der Waals surface area contributed by atoms with Gasteiger partial charge in [0.15, 0.2) is 5.65 Å². The predicted molar refractivity (Wildman–Crippen MR) is 115 cm³/mol. The normalized spacial score (nSPS) is 15.4. The number of fused-ring (bicyclic) bond motifs is 1. The SMILES string of the molecule is CC(C)(C)c1cc(-c2nn(CC3CC3)c3ncccc23)cc(C(C)(C)C)c1O. The number of nitrogens with zero attached hydrogens (tertiary/aromatic N) is 3. The average molecular weight is 378 g/mol. The molecule has 0 aliphatic heterocycles. The molecule has 4 rings (SSSR count). The molecule has 2 aromatic heterocycles. The molecule has 0 amide bonds. The molecule has 1 aliphatic rings. The van der Waals surface area contributed by atoms with Crippen LogP contribution < -0.4 is 0 Å². The van der Waals surface area contributed by atoms with Gasteiger partial charge in [-0.05, 0) is 53.9 Å². The Morgan fingerprint density at radius 1 is 1.04 bits per heavy atom. The van der Waals surface area contributed by atoms with Crippen molar-refractivity contribution in [2.24, 2.45) is 5.92 Å². The molecule has 1 aromatic carbocycles. The van der Waals surface area contributed by atoms with Crippen LogP contribution in [0.15, 0.2) is 30.5 Å². The summed E-state index contributed by atoms with van der Waals surface area (Å²) < 4.78 is 2.07. The molecule has 4 heteroatoms. The minimum absolute atomic E-state index is 0.162. The lowest BCUT2D eigenvalue weighted by Gasteiger charge is -2.28. The fraction of sp³-hybridized carbons (Fsp3) is 0.500. The van der Waals surface area contributed by atoms with E-state index in [1.165, 1.54) is 12.8 Å². The fourth-order valence-electron chi connectivity index (χ4n) is 3.81. The average Bonchev–Trinajstić information content (AvgIpc) is 3.34. The number of hydrogen-bond donors (Lipinski definition) is 1. The third-order valence-corrected chi connectivity index (χ3v) is 5.63. The van der Waals surface area contributed by atoms with E-state index in [1.54, 1.807) is 0 Å². The first-order valence-corrected chi connectivity index (χ1v) is 10.3. The number of aromatic hydroxyl groups is 1. The number of pyridine rings is 1. The molecule has 2 heterocycles. The van der Waals surface area contributed by atoms with Gasteiger partial charge in [0.2, 0.25) is 0 Å². The summed E-state index contributed by atoms with van der Waals surface area (Å²) in [5, 5.41) is 17.1. The Morgan fingerprint density at radius 2 is 1.64 bits per heavy atom. The summed E-state index contributed by atoms with van der Waals surface area (Å²) in [6, 6.07) is 8.31. The van der Waals surface area contributed by atoms with Crippen LogP contribution in [0, 0.1) is 5.92 Å². The van der Waals surface area contributed by atoms with Crippen molar-refractivity contribution in [3.05, 3.63) is 41.6 Å². The first-order valence-electron chi connectivity index (χ1n) is 10.3. The van der Waals surface area contributed by atoms with Crippen LogP contribution >= 0.6 is 0 Å². The third-order valence-electron chi connectivity index (χ3n) is 5.63. The Balaban J connectivity index is 1.96. The van der Waals surface area contributed by atoms with Gasteiger partial charge >= 0.3 is 0 Å². The molecule has 3 aromatic rings. The van der Waals surface area contributed by atoms with Crippen molar-refractivity contribution in [1.29, 1.82) is 0 Å². The Morgan fingerprint density at radius 3 is 2.18 bits per heavy atom. The standard InChI is InChI=1S/C24H31N3O/c1-23(2,3)18-12-16(13-19(21(18)28)24(4,5)6)20-17-8-7-11-25-22(17)27(26-20)14-15-9-10-15/h7-8,11-13,15,28H,9-10,14H2,1-6H3. The van der Waals surface area contributed by atoms with Crippen molar-refractivity contribution >= 4 is 11.0 Å². The van der Waals surface area contributed by atoms with E-state index < -0.39 is 0 Å². The summed E-state index contributed by atoms with van der Waals surface area (Å²) in [5.74, 6) is 1.14. The second kappa shape index (κ2) is 6.33. The molecule has 0 bridgehead atoms. The Hall–Kier alpha value is -2.36. The molecule has 0 radical (unpaired) electrons. The van der Waals surface area contributed by atoms with Gasteiger partial charge in [0.05, 0.1) is 0 Å². The van der Waals surface area contributed by atoms with Gasteiger partial charge in [0.1, 0.15) is 11.4 Å². The van der Waals surface area contributed by atoms with E-state index in [2.05, 4.69) is 69.4 Å². The molecular weight excluding hydrogens is 346 g/mol. The van der Waals surface area contributed by atoms with Crippen molar-refractivity contribution < 1.29 is 5.11 Å². The van der Waals surface area contributed by atoms with Gasteiger partial charge in [0.25, 0.3) is 0 Å². The van der Waals surface area contributed by atoms with E-state index >= 15 is 0 Å².